The summed E-state index contributed by atoms with van der Waals surface area (Å²) >= 11 is 0. The molecular weight excluding hydrogens is 241 g/mol. The number of rotatable bonds is 3. The fraction of sp³-hybridized carbons (Fsp3) is 0.533. The molecule has 2 atom stereocenters. The second kappa shape index (κ2) is 6.14. The fourth-order valence-electron chi connectivity index (χ4n) is 2.66. The van der Waals surface area contributed by atoms with Crippen LogP contribution in [0.1, 0.15) is 24.9 Å². The molecule has 0 bridgehead atoms. The predicted molar refractivity (Wildman–Crippen MR) is 73.0 cm³/mol. The number of piperazine rings is 1. The number of nitriles is 1. The summed E-state index contributed by atoms with van der Waals surface area (Å²) in [5.74, 6) is -0.259. The highest BCUT2D eigenvalue weighted by Crippen LogP contribution is 2.24. The molecule has 1 aromatic rings. The average molecular weight is 261 g/mol. The standard InChI is InChI=1S/C15H20FN3/c1-3-14-11-19(9-8-18(14)2)15(10-17)12-4-6-13(16)7-5-12/h4-7,14-15H,3,8-9,11H2,1-2H3. The molecule has 1 saturated heterocycles. The first-order valence-electron chi connectivity index (χ1n) is 6.75. The molecule has 0 N–H and O–H groups in total. The minimum absolute atomic E-state index is 0.259. The van der Waals surface area contributed by atoms with Gasteiger partial charge >= 0.3 is 0 Å². The zero-order valence-corrected chi connectivity index (χ0v) is 11.5. The lowest BCUT2D eigenvalue weighted by Gasteiger charge is -2.41. The van der Waals surface area contributed by atoms with Gasteiger partial charge in [-0.15, -0.1) is 0 Å². The summed E-state index contributed by atoms with van der Waals surface area (Å²) in [6.45, 7) is 4.91. The van der Waals surface area contributed by atoms with Crippen LogP contribution in [0, 0.1) is 17.1 Å². The quantitative estimate of drug-likeness (QED) is 0.837. The number of likely N-dealkylation sites (N-methyl/N-ethyl adjacent to an activating group) is 1. The van der Waals surface area contributed by atoms with E-state index >= 15 is 0 Å². The summed E-state index contributed by atoms with van der Waals surface area (Å²) in [5, 5.41) is 9.43. The molecule has 0 aliphatic carbocycles. The Morgan fingerprint density at radius 3 is 2.63 bits per heavy atom. The van der Waals surface area contributed by atoms with Crippen LogP contribution in [0.2, 0.25) is 0 Å². The van der Waals surface area contributed by atoms with E-state index in [9.17, 15) is 9.65 Å². The maximum absolute atomic E-state index is 13.0. The lowest BCUT2D eigenvalue weighted by molar-refractivity contribution is 0.0773. The first-order valence-corrected chi connectivity index (χ1v) is 6.75. The van der Waals surface area contributed by atoms with Gasteiger partial charge in [-0.2, -0.15) is 5.26 Å². The molecule has 1 heterocycles. The van der Waals surface area contributed by atoms with Gasteiger partial charge in [-0.1, -0.05) is 19.1 Å². The maximum Gasteiger partial charge on any atom is 0.123 e. The molecule has 102 valence electrons. The van der Waals surface area contributed by atoms with Crippen LogP contribution < -0.4 is 0 Å². The van der Waals surface area contributed by atoms with Crippen LogP contribution in [0.4, 0.5) is 4.39 Å². The molecule has 19 heavy (non-hydrogen) atoms. The number of benzene rings is 1. The largest absolute Gasteiger partial charge is 0.301 e. The van der Waals surface area contributed by atoms with Crippen molar-refractivity contribution in [2.24, 2.45) is 0 Å². The monoisotopic (exact) mass is 261 g/mol. The smallest absolute Gasteiger partial charge is 0.123 e. The zero-order valence-electron chi connectivity index (χ0n) is 11.5. The van der Waals surface area contributed by atoms with Gasteiger partial charge in [0.25, 0.3) is 0 Å². The lowest BCUT2D eigenvalue weighted by atomic mass is 10.0. The molecule has 1 fully saturated rings. The van der Waals surface area contributed by atoms with Gasteiger partial charge < -0.3 is 4.90 Å². The first-order chi connectivity index (χ1) is 9.15. The predicted octanol–water partition coefficient (Wildman–Crippen LogP) is 2.42. The molecule has 3 nitrogen and oxygen atoms in total. The van der Waals surface area contributed by atoms with Crippen molar-refractivity contribution >= 4 is 0 Å². The Balaban J connectivity index is 2.14. The number of nitrogens with zero attached hydrogens (tertiary/aromatic N) is 3. The van der Waals surface area contributed by atoms with Crippen molar-refractivity contribution in [3.63, 3.8) is 0 Å². The summed E-state index contributed by atoms with van der Waals surface area (Å²) in [7, 11) is 2.13. The van der Waals surface area contributed by atoms with Crippen molar-refractivity contribution in [3.8, 4) is 6.07 Å². The van der Waals surface area contributed by atoms with Crippen molar-refractivity contribution in [3.05, 3.63) is 35.6 Å². The van der Waals surface area contributed by atoms with Crippen LogP contribution in [-0.4, -0.2) is 42.5 Å². The minimum atomic E-state index is -0.275. The van der Waals surface area contributed by atoms with E-state index in [0.717, 1.165) is 31.6 Å². The summed E-state index contributed by atoms with van der Waals surface area (Å²) < 4.78 is 13.0. The fourth-order valence-corrected chi connectivity index (χ4v) is 2.66. The normalized spacial score (nSPS) is 22.9. The summed E-state index contributed by atoms with van der Waals surface area (Å²) in [6, 6.07) is 8.84. The number of hydrogen-bond acceptors (Lipinski definition) is 3. The van der Waals surface area contributed by atoms with Crippen molar-refractivity contribution in [2.45, 2.75) is 25.4 Å². The van der Waals surface area contributed by atoms with Crippen LogP contribution in [-0.2, 0) is 0 Å². The third-order valence-electron chi connectivity index (χ3n) is 3.95. The summed E-state index contributed by atoms with van der Waals surface area (Å²) in [5.41, 5.74) is 0.878. The van der Waals surface area contributed by atoms with Gasteiger partial charge in [0.05, 0.1) is 6.07 Å². The van der Waals surface area contributed by atoms with E-state index in [2.05, 4.69) is 29.8 Å². The van der Waals surface area contributed by atoms with E-state index < -0.39 is 0 Å². The van der Waals surface area contributed by atoms with E-state index in [-0.39, 0.29) is 11.9 Å². The minimum Gasteiger partial charge on any atom is -0.301 e. The third-order valence-corrected chi connectivity index (χ3v) is 3.95. The van der Waals surface area contributed by atoms with E-state index in [4.69, 9.17) is 0 Å². The van der Waals surface area contributed by atoms with E-state index in [1.807, 2.05) is 0 Å². The molecule has 1 aliphatic heterocycles. The Morgan fingerprint density at radius 1 is 1.37 bits per heavy atom. The molecule has 2 unspecified atom stereocenters. The second-order valence-electron chi connectivity index (χ2n) is 5.12. The zero-order chi connectivity index (χ0) is 13.8. The van der Waals surface area contributed by atoms with Gasteiger partial charge in [0, 0.05) is 25.7 Å². The van der Waals surface area contributed by atoms with Crippen molar-refractivity contribution in [1.82, 2.24) is 9.80 Å². The maximum atomic E-state index is 13.0. The van der Waals surface area contributed by atoms with Crippen LogP contribution in [0.3, 0.4) is 0 Å². The van der Waals surface area contributed by atoms with Crippen LogP contribution in [0.5, 0.6) is 0 Å². The molecule has 0 amide bonds. The van der Waals surface area contributed by atoms with Gasteiger partial charge in [-0.3, -0.25) is 4.90 Å². The van der Waals surface area contributed by atoms with E-state index in [1.165, 1.54) is 12.1 Å². The first kappa shape index (κ1) is 14.0. The molecule has 0 aromatic heterocycles. The average Bonchev–Trinajstić information content (AvgIpc) is 2.43. The summed E-state index contributed by atoms with van der Waals surface area (Å²) in [4.78, 5) is 4.54. The Morgan fingerprint density at radius 2 is 2.05 bits per heavy atom. The number of halogens is 1. The molecular formula is C15H20FN3. The Hall–Kier alpha value is -1.44. The van der Waals surface area contributed by atoms with Gasteiger partial charge in [-0.05, 0) is 31.2 Å². The Kier molecular flexibility index (Phi) is 4.52. The van der Waals surface area contributed by atoms with Gasteiger partial charge in [-0.25, -0.2) is 4.39 Å². The topological polar surface area (TPSA) is 30.3 Å². The van der Waals surface area contributed by atoms with Gasteiger partial charge in [0.1, 0.15) is 11.9 Å². The van der Waals surface area contributed by atoms with Crippen LogP contribution >= 0.6 is 0 Å². The molecule has 4 heteroatoms. The van der Waals surface area contributed by atoms with Crippen molar-refractivity contribution < 1.29 is 4.39 Å². The van der Waals surface area contributed by atoms with E-state index in [0.29, 0.717) is 6.04 Å². The molecule has 0 saturated carbocycles. The van der Waals surface area contributed by atoms with Gasteiger partial charge in [0.2, 0.25) is 0 Å². The Bertz CT molecular complexity index is 451. The molecule has 0 radical (unpaired) electrons. The third kappa shape index (κ3) is 3.12. The molecule has 1 aliphatic rings. The van der Waals surface area contributed by atoms with E-state index in [1.54, 1.807) is 12.1 Å². The highest BCUT2D eigenvalue weighted by Gasteiger charge is 2.28. The SMILES string of the molecule is CCC1CN(C(C#N)c2ccc(F)cc2)CCN1C. The lowest BCUT2D eigenvalue weighted by Crippen LogP contribution is -2.51. The van der Waals surface area contributed by atoms with Crippen LogP contribution in [0.25, 0.3) is 0 Å². The van der Waals surface area contributed by atoms with Crippen molar-refractivity contribution in [1.29, 1.82) is 5.26 Å². The molecule has 0 spiro atoms. The Labute approximate surface area is 114 Å². The highest BCUT2D eigenvalue weighted by atomic mass is 19.1. The number of hydrogen-bond donors (Lipinski definition) is 0. The second-order valence-corrected chi connectivity index (χ2v) is 5.12. The van der Waals surface area contributed by atoms with Crippen molar-refractivity contribution in [2.75, 3.05) is 26.7 Å². The molecule has 2 rings (SSSR count). The summed E-state index contributed by atoms with van der Waals surface area (Å²) in [6.07, 6.45) is 1.08. The van der Waals surface area contributed by atoms with Gasteiger partial charge in [0.15, 0.2) is 0 Å². The highest BCUT2D eigenvalue weighted by molar-refractivity contribution is 5.25. The van der Waals surface area contributed by atoms with Crippen LogP contribution in [0.15, 0.2) is 24.3 Å². The molecule has 1 aromatic carbocycles.